The summed E-state index contributed by atoms with van der Waals surface area (Å²) in [5.74, 6) is 0.227. The molecule has 0 N–H and O–H groups in total. The van der Waals surface area contributed by atoms with Gasteiger partial charge in [0.25, 0.3) is 0 Å². The van der Waals surface area contributed by atoms with E-state index < -0.39 is 5.60 Å². The highest BCUT2D eigenvalue weighted by molar-refractivity contribution is 5.81. The molecule has 1 rings (SSSR count). The van der Waals surface area contributed by atoms with E-state index in [1.165, 1.54) is 0 Å². The third-order valence-electron chi connectivity index (χ3n) is 1.97. The van der Waals surface area contributed by atoms with Gasteiger partial charge >= 0.3 is 6.09 Å². The summed E-state index contributed by atoms with van der Waals surface area (Å²) < 4.78 is 5.19. The first kappa shape index (κ1) is 14.7. The first-order valence-corrected chi connectivity index (χ1v) is 5.38. The Morgan fingerprint density at radius 3 is 2.06 bits per heavy atom. The van der Waals surface area contributed by atoms with Crippen molar-refractivity contribution in [1.82, 2.24) is 4.90 Å². The molecule has 4 heteroatoms. The molecule has 0 saturated carbocycles. The zero-order valence-electron chi connectivity index (χ0n) is 10.4. The second-order valence-electron chi connectivity index (χ2n) is 4.51. The fraction of sp³-hybridized carbons (Fsp3) is 0.667. The Balaban J connectivity index is 0.00000106. The van der Waals surface area contributed by atoms with Crippen LogP contribution in [0.15, 0.2) is 13.2 Å². The molecule has 0 radical (unpaired) electrons. The molecule has 0 unspecified atom stereocenters. The maximum atomic E-state index is 11.5. The maximum Gasteiger partial charge on any atom is 0.410 e. The van der Waals surface area contributed by atoms with Crippen LogP contribution in [0, 0.1) is 0 Å². The predicted octanol–water partition coefficient (Wildman–Crippen LogP) is 2.39. The van der Waals surface area contributed by atoms with Gasteiger partial charge in [-0.2, -0.15) is 0 Å². The molecule has 0 aromatic rings. The molecule has 0 aromatic heterocycles. The van der Waals surface area contributed by atoms with Crippen LogP contribution >= 0.6 is 0 Å². The van der Waals surface area contributed by atoms with Crippen molar-refractivity contribution in [3.63, 3.8) is 0 Å². The number of likely N-dealkylation sites (tertiary alicyclic amines) is 1. The topological polar surface area (TPSA) is 46.6 Å². The third-order valence-corrected chi connectivity index (χ3v) is 1.97. The van der Waals surface area contributed by atoms with E-state index in [1.807, 2.05) is 20.8 Å². The fourth-order valence-corrected chi connectivity index (χ4v) is 1.27. The molecular weight excluding hydrogens is 206 g/mol. The van der Waals surface area contributed by atoms with Crippen LogP contribution in [0.5, 0.6) is 0 Å². The van der Waals surface area contributed by atoms with Crippen molar-refractivity contribution < 1.29 is 14.3 Å². The Hall–Kier alpha value is -1.32. The lowest BCUT2D eigenvalue weighted by Crippen LogP contribution is -2.41. The molecule has 0 spiro atoms. The van der Waals surface area contributed by atoms with E-state index in [2.05, 4.69) is 13.2 Å². The van der Waals surface area contributed by atoms with Gasteiger partial charge in [0.2, 0.25) is 0 Å². The van der Waals surface area contributed by atoms with Crippen LogP contribution in [0.4, 0.5) is 4.79 Å². The number of hydrogen-bond donors (Lipinski definition) is 0. The third kappa shape index (κ3) is 5.53. The number of piperidine rings is 1. The molecule has 1 aliphatic rings. The number of Topliss-reactive ketones (excluding diaryl/α,β-unsaturated/α-hetero) is 1. The number of ether oxygens (including phenoxy) is 1. The minimum atomic E-state index is -0.460. The quantitative estimate of drug-likeness (QED) is 0.597. The van der Waals surface area contributed by atoms with Crippen LogP contribution in [0.2, 0.25) is 0 Å². The number of ketones is 1. The van der Waals surface area contributed by atoms with Crippen molar-refractivity contribution in [3.05, 3.63) is 13.2 Å². The van der Waals surface area contributed by atoms with E-state index in [9.17, 15) is 9.59 Å². The van der Waals surface area contributed by atoms with E-state index in [0.29, 0.717) is 25.9 Å². The highest BCUT2D eigenvalue weighted by atomic mass is 16.6. The maximum absolute atomic E-state index is 11.5. The second kappa shape index (κ2) is 6.30. The van der Waals surface area contributed by atoms with Gasteiger partial charge in [-0.3, -0.25) is 4.79 Å². The molecule has 1 fully saturated rings. The van der Waals surface area contributed by atoms with E-state index in [-0.39, 0.29) is 11.9 Å². The lowest BCUT2D eigenvalue weighted by Gasteiger charge is -2.29. The molecule has 1 heterocycles. The molecule has 0 aliphatic carbocycles. The van der Waals surface area contributed by atoms with Crippen molar-refractivity contribution in [2.45, 2.75) is 39.2 Å². The van der Waals surface area contributed by atoms with E-state index in [1.54, 1.807) is 4.90 Å². The monoisotopic (exact) mass is 227 g/mol. The smallest absolute Gasteiger partial charge is 0.410 e. The molecule has 0 bridgehead atoms. The van der Waals surface area contributed by atoms with Crippen molar-refractivity contribution in [3.8, 4) is 0 Å². The number of nitrogens with zero attached hydrogens (tertiary/aromatic N) is 1. The number of carbonyl (C=O) groups is 2. The average molecular weight is 227 g/mol. The van der Waals surface area contributed by atoms with Crippen LogP contribution < -0.4 is 0 Å². The van der Waals surface area contributed by atoms with Gasteiger partial charge < -0.3 is 9.64 Å². The summed E-state index contributed by atoms with van der Waals surface area (Å²) in [6.45, 7) is 12.5. The number of carbonyl (C=O) groups excluding carboxylic acids is 2. The van der Waals surface area contributed by atoms with Crippen molar-refractivity contribution in [2.24, 2.45) is 0 Å². The Bertz CT molecular complexity index is 245. The standard InChI is InChI=1S/C10H17NO3.C2H4/c1-10(2,3)14-9(13)11-6-4-8(12)5-7-11;1-2/h4-7H2,1-3H3;1-2H2. The van der Waals surface area contributed by atoms with Crippen LogP contribution in [0.1, 0.15) is 33.6 Å². The molecule has 92 valence electrons. The molecule has 1 aliphatic heterocycles. The van der Waals surface area contributed by atoms with Crippen LogP contribution in [-0.4, -0.2) is 35.5 Å². The summed E-state index contributed by atoms with van der Waals surface area (Å²) in [4.78, 5) is 24.0. The molecular formula is C12H21NO3. The summed E-state index contributed by atoms with van der Waals surface area (Å²) in [5.41, 5.74) is -0.460. The van der Waals surface area contributed by atoms with Gasteiger partial charge in [0.1, 0.15) is 11.4 Å². The fourth-order valence-electron chi connectivity index (χ4n) is 1.27. The lowest BCUT2D eigenvalue weighted by molar-refractivity contribution is -0.121. The highest BCUT2D eigenvalue weighted by Gasteiger charge is 2.25. The van der Waals surface area contributed by atoms with Crippen LogP contribution in [-0.2, 0) is 9.53 Å². The molecule has 0 aromatic carbocycles. The number of rotatable bonds is 0. The highest BCUT2D eigenvalue weighted by Crippen LogP contribution is 2.13. The number of amides is 1. The predicted molar refractivity (Wildman–Crippen MR) is 63.3 cm³/mol. The Morgan fingerprint density at radius 2 is 1.69 bits per heavy atom. The Kier molecular flexibility index (Phi) is 5.78. The zero-order valence-corrected chi connectivity index (χ0v) is 10.4. The van der Waals surface area contributed by atoms with Gasteiger partial charge in [-0.1, -0.05) is 0 Å². The van der Waals surface area contributed by atoms with Gasteiger partial charge in [-0.15, -0.1) is 13.2 Å². The SMILES string of the molecule is C=C.CC(C)(C)OC(=O)N1CCC(=O)CC1. The van der Waals surface area contributed by atoms with E-state index in [4.69, 9.17) is 4.74 Å². The zero-order chi connectivity index (χ0) is 12.8. The van der Waals surface area contributed by atoms with Gasteiger partial charge in [0.05, 0.1) is 0 Å². The van der Waals surface area contributed by atoms with Gasteiger partial charge in [0.15, 0.2) is 0 Å². The largest absolute Gasteiger partial charge is 0.444 e. The molecule has 0 atom stereocenters. The summed E-state index contributed by atoms with van der Waals surface area (Å²) in [7, 11) is 0. The van der Waals surface area contributed by atoms with Crippen LogP contribution in [0.25, 0.3) is 0 Å². The second-order valence-corrected chi connectivity index (χ2v) is 4.51. The van der Waals surface area contributed by atoms with Crippen molar-refractivity contribution in [1.29, 1.82) is 0 Å². The molecule has 16 heavy (non-hydrogen) atoms. The minimum Gasteiger partial charge on any atom is -0.444 e. The molecule has 1 amide bonds. The van der Waals surface area contributed by atoms with Gasteiger partial charge in [-0.25, -0.2) is 4.79 Å². The average Bonchev–Trinajstić information content (AvgIpc) is 2.19. The molecule has 1 saturated heterocycles. The number of hydrogen-bond acceptors (Lipinski definition) is 3. The van der Waals surface area contributed by atoms with Crippen LogP contribution in [0.3, 0.4) is 0 Å². The minimum absolute atomic E-state index is 0.227. The van der Waals surface area contributed by atoms with Gasteiger partial charge in [0, 0.05) is 25.9 Å². The van der Waals surface area contributed by atoms with Crippen molar-refractivity contribution >= 4 is 11.9 Å². The lowest BCUT2D eigenvalue weighted by atomic mass is 10.1. The first-order chi connectivity index (χ1) is 7.38. The van der Waals surface area contributed by atoms with Crippen molar-refractivity contribution in [2.75, 3.05) is 13.1 Å². The summed E-state index contributed by atoms with van der Waals surface area (Å²) in [6, 6.07) is 0. The molecule has 4 nitrogen and oxygen atoms in total. The van der Waals surface area contributed by atoms with E-state index >= 15 is 0 Å². The summed E-state index contributed by atoms with van der Waals surface area (Å²) in [5, 5.41) is 0. The summed E-state index contributed by atoms with van der Waals surface area (Å²) in [6.07, 6.45) is 0.600. The normalized spacial score (nSPS) is 16.2. The van der Waals surface area contributed by atoms with Gasteiger partial charge in [-0.05, 0) is 20.8 Å². The Labute approximate surface area is 97.3 Å². The van der Waals surface area contributed by atoms with E-state index in [0.717, 1.165) is 0 Å². The summed E-state index contributed by atoms with van der Waals surface area (Å²) >= 11 is 0. The first-order valence-electron chi connectivity index (χ1n) is 5.38. The Morgan fingerprint density at radius 1 is 1.25 bits per heavy atom.